The van der Waals surface area contributed by atoms with Gasteiger partial charge >= 0.3 is 0 Å². The highest BCUT2D eigenvalue weighted by Gasteiger charge is 2.15. The van der Waals surface area contributed by atoms with E-state index in [2.05, 4.69) is 21.6 Å². The molecule has 1 aliphatic rings. The number of anilines is 1. The van der Waals surface area contributed by atoms with E-state index >= 15 is 0 Å². The van der Waals surface area contributed by atoms with Crippen molar-refractivity contribution in [1.82, 2.24) is 9.55 Å². The second kappa shape index (κ2) is 6.75. The number of hydrogen-bond donors (Lipinski definition) is 1. The Labute approximate surface area is 152 Å². The van der Waals surface area contributed by atoms with Crippen LogP contribution in [0.5, 0.6) is 0 Å². The number of aromatic nitrogens is 2. The Morgan fingerprint density at radius 2 is 1.85 bits per heavy atom. The van der Waals surface area contributed by atoms with E-state index in [9.17, 15) is 4.79 Å². The molecule has 132 valence electrons. The van der Waals surface area contributed by atoms with Gasteiger partial charge in [0.1, 0.15) is 0 Å². The number of rotatable bonds is 3. The van der Waals surface area contributed by atoms with Gasteiger partial charge in [-0.05, 0) is 63.3 Å². The van der Waals surface area contributed by atoms with Gasteiger partial charge in [0.05, 0.1) is 16.6 Å². The lowest BCUT2D eigenvalue weighted by atomic mass is 10.1. The molecule has 1 fully saturated rings. The van der Waals surface area contributed by atoms with Crippen molar-refractivity contribution < 1.29 is 0 Å². The van der Waals surface area contributed by atoms with Gasteiger partial charge in [-0.2, -0.15) is 5.10 Å². The molecule has 3 aromatic rings. The molecule has 0 aliphatic heterocycles. The zero-order valence-corrected chi connectivity index (χ0v) is 15.1. The first-order chi connectivity index (χ1) is 12.6. The molecule has 1 saturated carbocycles. The summed E-state index contributed by atoms with van der Waals surface area (Å²) in [7, 11) is 0. The van der Waals surface area contributed by atoms with Crippen LogP contribution in [0, 0.1) is 13.8 Å². The molecule has 0 atom stereocenters. The normalized spacial score (nSPS) is 14.0. The van der Waals surface area contributed by atoms with Crippen LogP contribution in [0.2, 0.25) is 0 Å². The van der Waals surface area contributed by atoms with Gasteiger partial charge in [0.25, 0.3) is 5.56 Å². The van der Waals surface area contributed by atoms with E-state index in [4.69, 9.17) is 0 Å². The van der Waals surface area contributed by atoms with Crippen LogP contribution in [-0.4, -0.2) is 15.3 Å². The van der Waals surface area contributed by atoms with Crippen molar-refractivity contribution in [3.05, 3.63) is 63.9 Å². The van der Waals surface area contributed by atoms with Crippen LogP contribution >= 0.6 is 0 Å². The van der Waals surface area contributed by atoms with Crippen LogP contribution in [-0.2, 0) is 0 Å². The van der Waals surface area contributed by atoms with E-state index in [0.717, 1.165) is 35.4 Å². The quantitative estimate of drug-likeness (QED) is 0.718. The number of nitrogens with one attached hydrogen (secondary N) is 1. The summed E-state index contributed by atoms with van der Waals surface area (Å²) in [5, 5.41) is 5.12. The third-order valence-electron chi connectivity index (χ3n) is 4.86. The first kappa shape index (κ1) is 16.5. The van der Waals surface area contributed by atoms with Crippen LogP contribution in [0.4, 0.5) is 5.95 Å². The van der Waals surface area contributed by atoms with Gasteiger partial charge in [0, 0.05) is 5.71 Å². The molecule has 1 aromatic heterocycles. The molecular weight excluding hydrogens is 324 g/mol. The van der Waals surface area contributed by atoms with Crippen molar-refractivity contribution in [2.24, 2.45) is 5.10 Å². The number of aryl methyl sites for hydroxylation is 2. The minimum Gasteiger partial charge on any atom is -0.268 e. The van der Waals surface area contributed by atoms with Gasteiger partial charge in [-0.15, -0.1) is 0 Å². The van der Waals surface area contributed by atoms with E-state index in [0.29, 0.717) is 16.9 Å². The highest BCUT2D eigenvalue weighted by molar-refractivity contribution is 5.86. The average molecular weight is 346 g/mol. The maximum absolute atomic E-state index is 13.2. The lowest BCUT2D eigenvalue weighted by Gasteiger charge is -2.15. The molecular formula is C21H22N4O. The maximum Gasteiger partial charge on any atom is 0.267 e. The largest absolute Gasteiger partial charge is 0.268 e. The highest BCUT2D eigenvalue weighted by Crippen LogP contribution is 2.21. The monoisotopic (exact) mass is 346 g/mol. The molecule has 0 amide bonds. The molecule has 0 saturated heterocycles. The van der Waals surface area contributed by atoms with Gasteiger partial charge in [-0.3, -0.25) is 4.79 Å². The molecule has 5 nitrogen and oxygen atoms in total. The number of hydrazone groups is 1. The number of para-hydroxylation sites is 1. The number of nitrogens with zero attached hydrogens (tertiary/aromatic N) is 3. The predicted molar refractivity (Wildman–Crippen MR) is 106 cm³/mol. The first-order valence-electron chi connectivity index (χ1n) is 9.04. The van der Waals surface area contributed by atoms with Crippen molar-refractivity contribution in [3.8, 4) is 5.69 Å². The van der Waals surface area contributed by atoms with Crippen LogP contribution in [0.3, 0.4) is 0 Å². The lowest BCUT2D eigenvalue weighted by molar-refractivity contribution is 0.886. The summed E-state index contributed by atoms with van der Waals surface area (Å²) in [6.07, 6.45) is 4.37. The van der Waals surface area contributed by atoms with Crippen LogP contribution in [0.1, 0.15) is 36.8 Å². The Morgan fingerprint density at radius 3 is 2.62 bits per heavy atom. The van der Waals surface area contributed by atoms with Crippen molar-refractivity contribution >= 4 is 22.6 Å². The van der Waals surface area contributed by atoms with Gasteiger partial charge in [0.2, 0.25) is 5.95 Å². The van der Waals surface area contributed by atoms with Gasteiger partial charge in [-0.1, -0.05) is 29.8 Å². The standard InChI is InChI=1S/C21H22N4O/c1-14-11-12-19(15(2)13-14)25-20(26)17-9-5-6-10-18(17)22-21(25)24-23-16-7-3-4-8-16/h5-6,9-13H,3-4,7-8H2,1-2H3,(H,22,24). The van der Waals surface area contributed by atoms with Crippen molar-refractivity contribution in [2.75, 3.05) is 5.43 Å². The Hall–Kier alpha value is -2.95. The Bertz CT molecular complexity index is 1060. The van der Waals surface area contributed by atoms with E-state index in [-0.39, 0.29) is 5.56 Å². The first-order valence-corrected chi connectivity index (χ1v) is 9.04. The molecule has 0 unspecified atom stereocenters. The van der Waals surface area contributed by atoms with Crippen molar-refractivity contribution in [3.63, 3.8) is 0 Å². The molecule has 2 aromatic carbocycles. The average Bonchev–Trinajstić information content (AvgIpc) is 3.15. The SMILES string of the molecule is Cc1ccc(-n2c(NN=C3CCCC3)nc3ccccc3c2=O)c(C)c1. The smallest absolute Gasteiger partial charge is 0.267 e. The fraction of sp³-hybridized carbons (Fsp3) is 0.286. The Morgan fingerprint density at radius 1 is 1.08 bits per heavy atom. The third-order valence-corrected chi connectivity index (χ3v) is 4.86. The lowest BCUT2D eigenvalue weighted by Crippen LogP contribution is -2.23. The topological polar surface area (TPSA) is 59.3 Å². The molecule has 0 radical (unpaired) electrons. The minimum absolute atomic E-state index is 0.0864. The zero-order valence-electron chi connectivity index (χ0n) is 15.1. The summed E-state index contributed by atoms with van der Waals surface area (Å²) < 4.78 is 1.64. The molecule has 1 heterocycles. The van der Waals surface area contributed by atoms with Gasteiger partial charge < -0.3 is 0 Å². The van der Waals surface area contributed by atoms with E-state index in [1.54, 1.807) is 4.57 Å². The summed E-state index contributed by atoms with van der Waals surface area (Å²) >= 11 is 0. The van der Waals surface area contributed by atoms with Crippen LogP contribution in [0.25, 0.3) is 16.6 Å². The molecule has 4 rings (SSSR count). The number of fused-ring (bicyclic) bond motifs is 1. The summed E-state index contributed by atoms with van der Waals surface area (Å²) in [5.41, 5.74) is 7.81. The minimum atomic E-state index is -0.0864. The van der Waals surface area contributed by atoms with Gasteiger partial charge in [0.15, 0.2) is 0 Å². The van der Waals surface area contributed by atoms with E-state index in [1.165, 1.54) is 12.8 Å². The van der Waals surface area contributed by atoms with Gasteiger partial charge in [-0.25, -0.2) is 15.0 Å². The van der Waals surface area contributed by atoms with Crippen LogP contribution in [0.15, 0.2) is 52.4 Å². The molecule has 0 spiro atoms. The maximum atomic E-state index is 13.2. The molecule has 5 heteroatoms. The Kier molecular flexibility index (Phi) is 4.29. The van der Waals surface area contributed by atoms with E-state index < -0.39 is 0 Å². The molecule has 1 N–H and O–H groups in total. The highest BCUT2D eigenvalue weighted by atomic mass is 16.1. The molecule has 26 heavy (non-hydrogen) atoms. The summed E-state index contributed by atoms with van der Waals surface area (Å²) in [6.45, 7) is 4.06. The summed E-state index contributed by atoms with van der Waals surface area (Å²) in [5.74, 6) is 0.458. The fourth-order valence-corrected chi connectivity index (χ4v) is 3.51. The third kappa shape index (κ3) is 3.01. The number of hydrogen-bond acceptors (Lipinski definition) is 4. The van der Waals surface area contributed by atoms with Crippen molar-refractivity contribution in [1.29, 1.82) is 0 Å². The fourth-order valence-electron chi connectivity index (χ4n) is 3.51. The zero-order chi connectivity index (χ0) is 18.1. The number of benzene rings is 2. The molecule has 0 bridgehead atoms. The summed E-state index contributed by atoms with van der Waals surface area (Å²) in [4.78, 5) is 17.9. The van der Waals surface area contributed by atoms with Crippen LogP contribution < -0.4 is 11.0 Å². The second-order valence-corrected chi connectivity index (χ2v) is 6.88. The Balaban J connectivity index is 1.93. The van der Waals surface area contributed by atoms with E-state index in [1.807, 2.05) is 50.2 Å². The second-order valence-electron chi connectivity index (χ2n) is 6.88. The molecule has 1 aliphatic carbocycles. The predicted octanol–water partition coefficient (Wildman–Crippen LogP) is 4.34. The van der Waals surface area contributed by atoms with Crippen molar-refractivity contribution in [2.45, 2.75) is 39.5 Å². The summed E-state index contributed by atoms with van der Waals surface area (Å²) in [6, 6.07) is 13.5.